The fourth-order valence-corrected chi connectivity index (χ4v) is 1.70. The van der Waals surface area contributed by atoms with Crippen molar-refractivity contribution in [2.75, 3.05) is 0 Å². The lowest BCUT2D eigenvalue weighted by Gasteiger charge is -2.03. The van der Waals surface area contributed by atoms with Gasteiger partial charge in [-0.05, 0) is 26.0 Å². The summed E-state index contributed by atoms with van der Waals surface area (Å²) in [5.41, 5.74) is 3.34. The standard InChI is InChI=1S/C13H18N4/c1-3-17-10-12(8-15-17)7-14-9-13-6-4-5-11(2)16-13/h4-6,8,10,14H,3,7,9H2,1-2H3. The molecule has 2 heterocycles. The van der Waals surface area contributed by atoms with E-state index in [0.29, 0.717) is 0 Å². The molecule has 2 aromatic rings. The summed E-state index contributed by atoms with van der Waals surface area (Å²) in [5.74, 6) is 0. The Morgan fingerprint density at radius 3 is 2.88 bits per heavy atom. The van der Waals surface area contributed by atoms with Gasteiger partial charge in [0.2, 0.25) is 0 Å². The first-order valence-electron chi connectivity index (χ1n) is 5.92. The summed E-state index contributed by atoms with van der Waals surface area (Å²) in [6, 6.07) is 6.08. The lowest BCUT2D eigenvalue weighted by atomic mass is 10.3. The summed E-state index contributed by atoms with van der Waals surface area (Å²) in [5, 5.41) is 7.60. The molecular formula is C13H18N4. The van der Waals surface area contributed by atoms with Gasteiger partial charge in [0, 0.05) is 37.1 Å². The molecule has 0 fully saturated rings. The number of rotatable bonds is 5. The van der Waals surface area contributed by atoms with Crippen LogP contribution in [-0.4, -0.2) is 14.8 Å². The first-order chi connectivity index (χ1) is 8.28. The van der Waals surface area contributed by atoms with Crippen LogP contribution in [0, 0.1) is 6.92 Å². The van der Waals surface area contributed by atoms with Crippen molar-refractivity contribution in [3.63, 3.8) is 0 Å². The highest BCUT2D eigenvalue weighted by Crippen LogP contribution is 2.00. The van der Waals surface area contributed by atoms with Gasteiger partial charge < -0.3 is 5.32 Å². The Kier molecular flexibility index (Phi) is 3.88. The number of aromatic nitrogens is 3. The highest BCUT2D eigenvalue weighted by Gasteiger charge is 1.98. The van der Waals surface area contributed by atoms with Crippen LogP contribution in [0.25, 0.3) is 0 Å². The normalized spacial score (nSPS) is 10.7. The molecule has 0 bridgehead atoms. The van der Waals surface area contributed by atoms with E-state index in [0.717, 1.165) is 31.0 Å². The van der Waals surface area contributed by atoms with E-state index in [-0.39, 0.29) is 0 Å². The van der Waals surface area contributed by atoms with Crippen molar-refractivity contribution in [1.82, 2.24) is 20.1 Å². The number of hydrogen-bond donors (Lipinski definition) is 1. The Balaban J connectivity index is 1.83. The summed E-state index contributed by atoms with van der Waals surface area (Å²) in [6.45, 7) is 6.63. The molecule has 0 atom stereocenters. The van der Waals surface area contributed by atoms with E-state index < -0.39 is 0 Å². The van der Waals surface area contributed by atoms with Crippen LogP contribution in [0.4, 0.5) is 0 Å². The second-order valence-corrected chi connectivity index (χ2v) is 4.08. The lowest BCUT2D eigenvalue weighted by molar-refractivity contribution is 0.654. The van der Waals surface area contributed by atoms with E-state index in [1.54, 1.807) is 0 Å². The molecule has 2 rings (SSSR count). The van der Waals surface area contributed by atoms with Gasteiger partial charge in [0.25, 0.3) is 0 Å². The number of nitrogens with zero attached hydrogens (tertiary/aromatic N) is 3. The molecule has 0 aliphatic heterocycles. The minimum atomic E-state index is 0.791. The zero-order chi connectivity index (χ0) is 12.1. The zero-order valence-corrected chi connectivity index (χ0v) is 10.3. The van der Waals surface area contributed by atoms with Crippen molar-refractivity contribution in [3.05, 3.63) is 47.5 Å². The molecule has 4 heteroatoms. The number of hydrogen-bond acceptors (Lipinski definition) is 3. The maximum Gasteiger partial charge on any atom is 0.0544 e. The van der Waals surface area contributed by atoms with E-state index in [4.69, 9.17) is 0 Å². The van der Waals surface area contributed by atoms with Crippen LogP contribution in [0.2, 0.25) is 0 Å². The molecule has 0 radical (unpaired) electrons. The molecular weight excluding hydrogens is 212 g/mol. The molecule has 4 nitrogen and oxygen atoms in total. The smallest absolute Gasteiger partial charge is 0.0544 e. The highest BCUT2D eigenvalue weighted by molar-refractivity contribution is 5.10. The van der Waals surface area contributed by atoms with Crippen molar-refractivity contribution in [2.24, 2.45) is 0 Å². The van der Waals surface area contributed by atoms with Crippen molar-refractivity contribution >= 4 is 0 Å². The fourth-order valence-electron chi connectivity index (χ4n) is 1.70. The van der Waals surface area contributed by atoms with E-state index in [1.165, 1.54) is 5.56 Å². The SMILES string of the molecule is CCn1cc(CNCc2cccc(C)n2)cn1. The van der Waals surface area contributed by atoms with Gasteiger partial charge in [0.15, 0.2) is 0 Å². The second-order valence-electron chi connectivity index (χ2n) is 4.08. The van der Waals surface area contributed by atoms with Gasteiger partial charge in [-0.2, -0.15) is 5.10 Å². The summed E-state index contributed by atoms with van der Waals surface area (Å²) in [4.78, 5) is 4.44. The Hall–Kier alpha value is -1.68. The van der Waals surface area contributed by atoms with Crippen LogP contribution in [0.3, 0.4) is 0 Å². The maximum absolute atomic E-state index is 4.44. The van der Waals surface area contributed by atoms with Gasteiger partial charge >= 0.3 is 0 Å². The van der Waals surface area contributed by atoms with Crippen LogP contribution in [0.5, 0.6) is 0 Å². The topological polar surface area (TPSA) is 42.7 Å². The first kappa shape index (κ1) is 11.8. The summed E-state index contributed by atoms with van der Waals surface area (Å²) < 4.78 is 1.93. The second kappa shape index (κ2) is 5.59. The third kappa shape index (κ3) is 3.39. The average Bonchev–Trinajstić information content (AvgIpc) is 2.77. The van der Waals surface area contributed by atoms with Gasteiger partial charge in [-0.15, -0.1) is 0 Å². The predicted octanol–water partition coefficient (Wildman–Crippen LogP) is 1.90. The quantitative estimate of drug-likeness (QED) is 0.853. The largest absolute Gasteiger partial charge is 0.307 e. The van der Waals surface area contributed by atoms with Gasteiger partial charge in [-0.25, -0.2) is 0 Å². The van der Waals surface area contributed by atoms with Crippen molar-refractivity contribution in [3.8, 4) is 0 Å². The minimum absolute atomic E-state index is 0.791. The molecule has 0 aliphatic carbocycles. The predicted molar refractivity (Wildman–Crippen MR) is 67.4 cm³/mol. The van der Waals surface area contributed by atoms with Gasteiger partial charge in [0.05, 0.1) is 11.9 Å². The number of nitrogens with one attached hydrogen (secondary N) is 1. The molecule has 0 amide bonds. The Morgan fingerprint density at radius 2 is 2.18 bits per heavy atom. The van der Waals surface area contributed by atoms with Crippen LogP contribution >= 0.6 is 0 Å². The van der Waals surface area contributed by atoms with Crippen LogP contribution in [-0.2, 0) is 19.6 Å². The molecule has 0 saturated carbocycles. The van der Waals surface area contributed by atoms with Crippen LogP contribution in [0.1, 0.15) is 23.9 Å². The third-order valence-electron chi connectivity index (χ3n) is 2.59. The molecule has 90 valence electrons. The maximum atomic E-state index is 4.44. The molecule has 0 spiro atoms. The average molecular weight is 230 g/mol. The fraction of sp³-hybridized carbons (Fsp3) is 0.385. The van der Waals surface area contributed by atoms with Crippen molar-refractivity contribution in [1.29, 1.82) is 0 Å². The van der Waals surface area contributed by atoms with Crippen LogP contribution in [0.15, 0.2) is 30.6 Å². The van der Waals surface area contributed by atoms with Crippen molar-refractivity contribution < 1.29 is 0 Å². The first-order valence-corrected chi connectivity index (χ1v) is 5.92. The van der Waals surface area contributed by atoms with E-state index in [9.17, 15) is 0 Å². The number of aryl methyl sites for hydroxylation is 2. The summed E-state index contributed by atoms with van der Waals surface area (Å²) in [7, 11) is 0. The minimum Gasteiger partial charge on any atom is -0.307 e. The highest BCUT2D eigenvalue weighted by atomic mass is 15.3. The van der Waals surface area contributed by atoms with Crippen molar-refractivity contribution in [2.45, 2.75) is 33.5 Å². The Labute approximate surface area is 102 Å². The van der Waals surface area contributed by atoms with E-state index >= 15 is 0 Å². The van der Waals surface area contributed by atoms with Gasteiger partial charge in [0.1, 0.15) is 0 Å². The van der Waals surface area contributed by atoms with Crippen LogP contribution < -0.4 is 5.32 Å². The molecule has 2 aromatic heterocycles. The monoisotopic (exact) mass is 230 g/mol. The Bertz CT molecular complexity index is 476. The molecule has 0 aromatic carbocycles. The molecule has 0 unspecified atom stereocenters. The Morgan fingerprint density at radius 1 is 1.29 bits per heavy atom. The molecule has 0 saturated heterocycles. The molecule has 0 aliphatic rings. The number of pyridine rings is 1. The van der Waals surface area contributed by atoms with E-state index in [1.807, 2.05) is 36.0 Å². The lowest BCUT2D eigenvalue weighted by Crippen LogP contribution is -2.13. The van der Waals surface area contributed by atoms with Gasteiger partial charge in [-0.3, -0.25) is 9.67 Å². The molecule has 17 heavy (non-hydrogen) atoms. The van der Waals surface area contributed by atoms with E-state index in [2.05, 4.69) is 28.5 Å². The molecule has 1 N–H and O–H groups in total. The summed E-state index contributed by atoms with van der Waals surface area (Å²) >= 11 is 0. The zero-order valence-electron chi connectivity index (χ0n) is 10.3. The third-order valence-corrected chi connectivity index (χ3v) is 2.59. The van der Waals surface area contributed by atoms with Gasteiger partial charge in [-0.1, -0.05) is 6.07 Å². The summed E-state index contributed by atoms with van der Waals surface area (Å²) in [6.07, 6.45) is 3.97.